The molecule has 0 unspecified atom stereocenters. The molecule has 1 aromatic rings. The van der Waals surface area contributed by atoms with Gasteiger partial charge in [0.05, 0.1) is 0 Å². The highest BCUT2D eigenvalue weighted by Gasteiger charge is 2.32. The van der Waals surface area contributed by atoms with E-state index in [9.17, 15) is 17.6 Å². The van der Waals surface area contributed by atoms with Crippen molar-refractivity contribution in [2.24, 2.45) is 5.73 Å². The summed E-state index contributed by atoms with van der Waals surface area (Å²) in [6.45, 7) is 0.447. The van der Waals surface area contributed by atoms with Gasteiger partial charge in [0.2, 0.25) is 0 Å². The van der Waals surface area contributed by atoms with E-state index in [4.69, 9.17) is 5.73 Å². The molecule has 16 heavy (non-hydrogen) atoms. The lowest BCUT2D eigenvalue weighted by Crippen LogP contribution is -2.18. The van der Waals surface area contributed by atoms with E-state index in [-0.39, 0.29) is 0 Å². The summed E-state index contributed by atoms with van der Waals surface area (Å²) in [6.07, 6.45) is -3.70. The summed E-state index contributed by atoms with van der Waals surface area (Å²) in [6, 6.07) is 3.38. The van der Waals surface area contributed by atoms with Crippen LogP contribution in [0.4, 0.5) is 17.6 Å². The third kappa shape index (κ3) is 4.06. The molecule has 0 fully saturated rings. The molecule has 90 valence electrons. The quantitative estimate of drug-likeness (QED) is 0.817. The van der Waals surface area contributed by atoms with Crippen LogP contribution in [0.5, 0.6) is 5.75 Å². The summed E-state index contributed by atoms with van der Waals surface area (Å²) >= 11 is 0. The molecule has 0 spiro atoms. The van der Waals surface area contributed by atoms with E-state index in [1.807, 2.05) is 0 Å². The molecule has 0 saturated heterocycles. The van der Waals surface area contributed by atoms with Crippen molar-refractivity contribution in [3.05, 3.63) is 29.6 Å². The monoisotopic (exact) mass is 237 g/mol. The van der Waals surface area contributed by atoms with Crippen LogP contribution in [0.25, 0.3) is 0 Å². The summed E-state index contributed by atoms with van der Waals surface area (Å²) < 4.78 is 52.1. The van der Waals surface area contributed by atoms with Gasteiger partial charge in [-0.3, -0.25) is 0 Å². The Morgan fingerprint density at radius 2 is 1.94 bits per heavy atom. The summed E-state index contributed by atoms with van der Waals surface area (Å²) in [4.78, 5) is 0. The largest absolute Gasteiger partial charge is 0.573 e. The fraction of sp³-hybridized carbons (Fsp3) is 0.400. The van der Waals surface area contributed by atoms with Gasteiger partial charge in [0.1, 0.15) is 0 Å². The van der Waals surface area contributed by atoms with Gasteiger partial charge in [-0.2, -0.15) is 0 Å². The van der Waals surface area contributed by atoms with E-state index >= 15 is 0 Å². The predicted octanol–water partition coefficient (Wildman–Crippen LogP) is 2.62. The molecule has 0 heterocycles. The molecule has 0 radical (unpaired) electrons. The van der Waals surface area contributed by atoms with Crippen molar-refractivity contribution >= 4 is 0 Å². The Hall–Kier alpha value is -1.30. The second kappa shape index (κ2) is 5.16. The molecule has 1 rings (SSSR count). The lowest BCUT2D eigenvalue weighted by atomic mass is 10.1. The van der Waals surface area contributed by atoms with Crippen molar-refractivity contribution in [3.8, 4) is 5.75 Å². The van der Waals surface area contributed by atoms with E-state index < -0.39 is 17.9 Å². The van der Waals surface area contributed by atoms with Gasteiger partial charge in [-0.1, -0.05) is 6.07 Å². The van der Waals surface area contributed by atoms with E-state index in [1.165, 1.54) is 6.07 Å². The summed E-state index contributed by atoms with van der Waals surface area (Å²) in [7, 11) is 0. The highest BCUT2D eigenvalue weighted by molar-refractivity contribution is 5.29. The predicted molar refractivity (Wildman–Crippen MR) is 50.5 cm³/mol. The first-order chi connectivity index (χ1) is 7.42. The molecule has 2 N–H and O–H groups in total. The molecular formula is C10H11F4NO. The third-order valence-corrected chi connectivity index (χ3v) is 1.89. The van der Waals surface area contributed by atoms with Crippen molar-refractivity contribution in [1.29, 1.82) is 0 Å². The van der Waals surface area contributed by atoms with Crippen LogP contribution in [-0.2, 0) is 6.42 Å². The molecule has 0 aliphatic carbocycles. The fourth-order valence-electron chi connectivity index (χ4n) is 1.21. The molecule has 6 heteroatoms. The van der Waals surface area contributed by atoms with Gasteiger partial charge in [-0.15, -0.1) is 13.2 Å². The van der Waals surface area contributed by atoms with Crippen LogP contribution in [0.1, 0.15) is 12.0 Å². The number of ether oxygens (including phenoxy) is 1. The van der Waals surface area contributed by atoms with Crippen LogP contribution in [0.15, 0.2) is 18.2 Å². The normalized spacial score (nSPS) is 11.6. The van der Waals surface area contributed by atoms with E-state index in [1.54, 1.807) is 0 Å². The van der Waals surface area contributed by atoms with Crippen molar-refractivity contribution < 1.29 is 22.3 Å². The third-order valence-electron chi connectivity index (χ3n) is 1.89. The van der Waals surface area contributed by atoms with Gasteiger partial charge in [0.25, 0.3) is 0 Å². The highest BCUT2D eigenvalue weighted by atomic mass is 19.4. The van der Waals surface area contributed by atoms with Crippen LogP contribution >= 0.6 is 0 Å². The zero-order chi connectivity index (χ0) is 12.2. The van der Waals surface area contributed by atoms with E-state index in [0.717, 1.165) is 12.1 Å². The Bertz CT molecular complexity index is 351. The van der Waals surface area contributed by atoms with Gasteiger partial charge in [-0.05, 0) is 37.1 Å². The van der Waals surface area contributed by atoms with Crippen LogP contribution in [0.3, 0.4) is 0 Å². The van der Waals surface area contributed by atoms with Gasteiger partial charge >= 0.3 is 6.36 Å². The molecule has 0 atom stereocenters. The average Bonchev–Trinajstić information content (AvgIpc) is 2.17. The minimum Gasteiger partial charge on any atom is -0.403 e. The maximum Gasteiger partial charge on any atom is 0.573 e. The number of hydrogen-bond donors (Lipinski definition) is 1. The van der Waals surface area contributed by atoms with Crippen molar-refractivity contribution in [2.45, 2.75) is 19.2 Å². The summed E-state index contributed by atoms with van der Waals surface area (Å²) in [5.74, 6) is -1.84. The van der Waals surface area contributed by atoms with Crippen molar-refractivity contribution in [2.75, 3.05) is 6.54 Å². The minimum absolute atomic E-state index is 0.447. The molecule has 0 aliphatic rings. The number of rotatable bonds is 4. The molecule has 0 aromatic heterocycles. The molecule has 0 amide bonds. The van der Waals surface area contributed by atoms with Crippen LogP contribution in [0.2, 0.25) is 0 Å². The van der Waals surface area contributed by atoms with Gasteiger partial charge < -0.3 is 10.5 Å². The second-order valence-corrected chi connectivity index (χ2v) is 3.20. The Labute approximate surface area is 90.0 Å². The van der Waals surface area contributed by atoms with Crippen LogP contribution in [0, 0.1) is 5.82 Å². The lowest BCUT2D eigenvalue weighted by Gasteiger charge is -2.10. The number of halogens is 4. The van der Waals surface area contributed by atoms with E-state index in [0.29, 0.717) is 24.9 Å². The van der Waals surface area contributed by atoms with Gasteiger partial charge in [0, 0.05) is 0 Å². The topological polar surface area (TPSA) is 35.2 Å². The molecule has 0 saturated carbocycles. The molecule has 2 nitrogen and oxygen atoms in total. The Morgan fingerprint density at radius 1 is 1.25 bits per heavy atom. The van der Waals surface area contributed by atoms with E-state index in [2.05, 4.69) is 4.74 Å². The number of alkyl halides is 3. The first-order valence-electron chi connectivity index (χ1n) is 4.66. The molecule has 0 aliphatic heterocycles. The second-order valence-electron chi connectivity index (χ2n) is 3.20. The summed E-state index contributed by atoms with van der Waals surface area (Å²) in [5, 5.41) is 0. The first-order valence-corrected chi connectivity index (χ1v) is 4.66. The number of benzene rings is 1. The molecule has 0 bridgehead atoms. The Morgan fingerprint density at radius 3 is 2.44 bits per heavy atom. The maximum absolute atomic E-state index is 13.2. The average molecular weight is 237 g/mol. The van der Waals surface area contributed by atoms with Crippen molar-refractivity contribution in [3.63, 3.8) is 0 Å². The van der Waals surface area contributed by atoms with Gasteiger partial charge in [0.15, 0.2) is 11.6 Å². The summed E-state index contributed by atoms with van der Waals surface area (Å²) in [5.41, 5.74) is 5.86. The standard InChI is InChI=1S/C10H11F4NO/c11-8-6-7(2-1-5-15)3-4-9(8)16-10(12,13)14/h3-4,6H,1-2,5,15H2. The maximum atomic E-state index is 13.2. The van der Waals surface area contributed by atoms with Gasteiger partial charge in [-0.25, -0.2) is 4.39 Å². The number of nitrogens with two attached hydrogens (primary N) is 1. The molecule has 1 aromatic carbocycles. The number of aryl methyl sites for hydroxylation is 1. The zero-order valence-electron chi connectivity index (χ0n) is 8.35. The smallest absolute Gasteiger partial charge is 0.403 e. The minimum atomic E-state index is -4.88. The first kappa shape index (κ1) is 12.8. The number of hydrogen-bond acceptors (Lipinski definition) is 2. The SMILES string of the molecule is NCCCc1ccc(OC(F)(F)F)c(F)c1. The Kier molecular flexibility index (Phi) is 4.12. The van der Waals surface area contributed by atoms with Crippen molar-refractivity contribution in [1.82, 2.24) is 0 Å². The Balaban J connectivity index is 2.75. The highest BCUT2D eigenvalue weighted by Crippen LogP contribution is 2.26. The zero-order valence-corrected chi connectivity index (χ0v) is 8.35. The molecular weight excluding hydrogens is 226 g/mol. The van der Waals surface area contributed by atoms with Crippen LogP contribution in [-0.4, -0.2) is 12.9 Å². The fourth-order valence-corrected chi connectivity index (χ4v) is 1.21. The lowest BCUT2D eigenvalue weighted by molar-refractivity contribution is -0.275. The van der Waals surface area contributed by atoms with Crippen LogP contribution < -0.4 is 10.5 Å².